The summed E-state index contributed by atoms with van der Waals surface area (Å²) in [7, 11) is 2.06. The van der Waals surface area contributed by atoms with E-state index in [0.717, 1.165) is 33.7 Å². The third-order valence-electron chi connectivity index (χ3n) is 6.20. The summed E-state index contributed by atoms with van der Waals surface area (Å²) in [5.41, 5.74) is 3.15. The van der Waals surface area contributed by atoms with Crippen molar-refractivity contribution in [1.82, 2.24) is 5.32 Å². The molecule has 31 heavy (non-hydrogen) atoms. The lowest BCUT2D eigenvalue weighted by molar-refractivity contribution is 0.268. The zero-order valence-corrected chi connectivity index (χ0v) is 19.7. The van der Waals surface area contributed by atoms with Crippen molar-refractivity contribution in [3.8, 4) is 5.75 Å². The highest BCUT2D eigenvalue weighted by Gasteiger charge is 2.52. The quantitative estimate of drug-likeness (QED) is 0.564. The van der Waals surface area contributed by atoms with E-state index in [-0.39, 0.29) is 0 Å². The van der Waals surface area contributed by atoms with Gasteiger partial charge in [-0.15, -0.1) is 0 Å². The van der Waals surface area contributed by atoms with Gasteiger partial charge in [0.05, 0.1) is 17.7 Å². The summed E-state index contributed by atoms with van der Waals surface area (Å²) in [6, 6.07) is 22.1. The third kappa shape index (κ3) is 3.84. The minimum atomic E-state index is -0.588. The average Bonchev–Trinajstić information content (AvgIpc) is 3.02. The Labute approximate surface area is 194 Å². The minimum absolute atomic E-state index is 0.519. The van der Waals surface area contributed by atoms with Crippen LogP contribution >= 0.6 is 23.2 Å². The zero-order chi connectivity index (χ0) is 22.2. The number of ether oxygens (including phenoxy) is 1. The summed E-state index contributed by atoms with van der Waals surface area (Å²) in [5.74, 6) is 1.63. The zero-order valence-electron chi connectivity index (χ0n) is 18.2. The molecule has 0 aliphatic carbocycles. The Kier molecular flexibility index (Phi) is 5.80. The van der Waals surface area contributed by atoms with Gasteiger partial charge in [0.25, 0.3) is 0 Å². The normalized spacial score (nSPS) is 22.7. The van der Waals surface area contributed by atoms with Crippen LogP contribution in [0.5, 0.6) is 5.75 Å². The Hall–Kier alpha value is -2.43. The van der Waals surface area contributed by atoms with Gasteiger partial charge in [-0.3, -0.25) is 4.99 Å². The van der Waals surface area contributed by atoms with Gasteiger partial charge in [-0.1, -0.05) is 59.0 Å². The predicted molar refractivity (Wildman–Crippen MR) is 133 cm³/mol. The van der Waals surface area contributed by atoms with Crippen LogP contribution in [-0.2, 0) is 11.1 Å². The first-order chi connectivity index (χ1) is 14.8. The molecule has 1 N–H and O–H groups in total. The maximum absolute atomic E-state index is 6.18. The molecule has 3 aromatic rings. The Morgan fingerprint density at radius 1 is 0.903 bits per heavy atom. The third-order valence-corrected chi connectivity index (χ3v) is 6.70. The van der Waals surface area contributed by atoms with Gasteiger partial charge in [0.2, 0.25) is 0 Å². The molecule has 0 amide bonds. The summed E-state index contributed by atoms with van der Waals surface area (Å²) in [6.07, 6.45) is 0. The molecular formula is C25H25BCl2N2O. The summed E-state index contributed by atoms with van der Waals surface area (Å²) < 4.78 is 5.95. The molecule has 0 unspecified atom stereocenters. The molecular weight excluding hydrogens is 426 g/mol. The van der Waals surface area contributed by atoms with Crippen molar-refractivity contribution in [3.63, 3.8) is 0 Å². The van der Waals surface area contributed by atoms with E-state index >= 15 is 0 Å². The van der Waals surface area contributed by atoms with Crippen molar-refractivity contribution in [1.29, 1.82) is 0 Å². The first-order valence-electron chi connectivity index (χ1n) is 10.4. The van der Waals surface area contributed by atoms with Crippen molar-refractivity contribution >= 4 is 42.3 Å². The fourth-order valence-electron chi connectivity index (χ4n) is 4.21. The lowest BCUT2D eigenvalue weighted by Gasteiger charge is -2.40. The van der Waals surface area contributed by atoms with E-state index in [1.165, 1.54) is 0 Å². The molecule has 0 saturated heterocycles. The van der Waals surface area contributed by atoms with E-state index in [9.17, 15) is 0 Å². The van der Waals surface area contributed by atoms with Crippen LogP contribution in [0.25, 0.3) is 0 Å². The fourth-order valence-corrected chi connectivity index (χ4v) is 4.47. The standard InChI is InChI=1S/C25H25BCl2N2O/c1-4-31-22-15-18(26)9-14-21(22)23-29-24(2,16-5-10-19(27)11-6-16)25(3,30-23)17-7-12-20(28)13-8-17/h5-15H,4,26H2,1-3H3,(H,29,30)/t24-,25+. The fraction of sp³-hybridized carbons (Fsp3) is 0.240. The highest BCUT2D eigenvalue weighted by Crippen LogP contribution is 2.48. The van der Waals surface area contributed by atoms with E-state index in [4.69, 9.17) is 32.9 Å². The predicted octanol–water partition coefficient (Wildman–Crippen LogP) is 4.83. The number of hydrogen-bond donors (Lipinski definition) is 1. The maximum Gasteiger partial charge on any atom is 0.139 e. The number of nitrogens with zero attached hydrogens (tertiary/aromatic N) is 1. The van der Waals surface area contributed by atoms with E-state index in [1.807, 2.05) is 43.3 Å². The number of benzene rings is 3. The van der Waals surface area contributed by atoms with Gasteiger partial charge >= 0.3 is 0 Å². The van der Waals surface area contributed by atoms with Gasteiger partial charge in [0, 0.05) is 10.0 Å². The van der Waals surface area contributed by atoms with E-state index in [0.29, 0.717) is 16.7 Å². The molecule has 0 saturated carbocycles. The van der Waals surface area contributed by atoms with Crippen molar-refractivity contribution in [2.45, 2.75) is 31.8 Å². The van der Waals surface area contributed by atoms with Crippen LogP contribution in [-0.4, -0.2) is 20.3 Å². The van der Waals surface area contributed by atoms with Crippen LogP contribution < -0.4 is 15.5 Å². The number of hydrogen-bond acceptors (Lipinski definition) is 3. The molecule has 1 heterocycles. The Morgan fingerprint density at radius 2 is 1.48 bits per heavy atom. The number of nitrogens with one attached hydrogen (secondary N) is 1. The number of amidine groups is 1. The summed E-state index contributed by atoms with van der Waals surface area (Å²) in [5, 5.41) is 5.14. The molecule has 0 spiro atoms. The van der Waals surface area contributed by atoms with Crippen LogP contribution in [0, 0.1) is 0 Å². The van der Waals surface area contributed by atoms with Gasteiger partial charge in [-0.25, -0.2) is 0 Å². The van der Waals surface area contributed by atoms with E-state index < -0.39 is 11.1 Å². The highest BCUT2D eigenvalue weighted by atomic mass is 35.5. The first-order valence-corrected chi connectivity index (χ1v) is 11.2. The van der Waals surface area contributed by atoms with Gasteiger partial charge in [-0.05, 0) is 68.3 Å². The highest BCUT2D eigenvalue weighted by molar-refractivity contribution is 6.32. The molecule has 6 heteroatoms. The molecule has 1 aliphatic heterocycles. The number of halogens is 2. The monoisotopic (exact) mass is 450 g/mol. The summed E-state index contributed by atoms with van der Waals surface area (Å²) >= 11 is 12.4. The van der Waals surface area contributed by atoms with Crippen LogP contribution in [0.3, 0.4) is 0 Å². The van der Waals surface area contributed by atoms with E-state index in [1.54, 1.807) is 0 Å². The smallest absolute Gasteiger partial charge is 0.139 e. The lowest BCUT2D eigenvalue weighted by atomic mass is 9.72. The van der Waals surface area contributed by atoms with Crippen molar-refractivity contribution < 1.29 is 4.74 Å². The Bertz CT molecular complexity index is 1130. The largest absolute Gasteiger partial charge is 0.493 e. The van der Waals surface area contributed by atoms with Crippen LogP contribution in [0.15, 0.2) is 71.7 Å². The molecule has 2 atom stereocenters. The molecule has 158 valence electrons. The number of rotatable bonds is 5. The number of aliphatic imine (C=N–C) groups is 1. The van der Waals surface area contributed by atoms with E-state index in [2.05, 4.69) is 57.3 Å². The first kappa shape index (κ1) is 21.8. The molecule has 4 rings (SSSR count). The molecule has 1 aliphatic rings. The molecule has 3 aromatic carbocycles. The van der Waals surface area contributed by atoms with Gasteiger partial charge in [-0.2, -0.15) is 0 Å². The maximum atomic E-state index is 6.18. The minimum Gasteiger partial charge on any atom is -0.493 e. The van der Waals surface area contributed by atoms with Crippen molar-refractivity contribution in [2.75, 3.05) is 6.61 Å². The van der Waals surface area contributed by atoms with Crippen LogP contribution in [0.1, 0.15) is 37.5 Å². The topological polar surface area (TPSA) is 33.6 Å². The van der Waals surface area contributed by atoms with Crippen molar-refractivity contribution in [3.05, 3.63) is 93.5 Å². The second-order valence-corrected chi connectivity index (χ2v) is 9.10. The average molecular weight is 451 g/mol. The molecule has 3 nitrogen and oxygen atoms in total. The molecule has 0 radical (unpaired) electrons. The van der Waals surface area contributed by atoms with Gasteiger partial charge in [0.15, 0.2) is 0 Å². The van der Waals surface area contributed by atoms with Crippen LogP contribution in [0.4, 0.5) is 0 Å². The van der Waals surface area contributed by atoms with Gasteiger partial charge < -0.3 is 10.1 Å². The molecule has 0 fully saturated rings. The second kappa shape index (κ2) is 8.25. The summed E-state index contributed by atoms with van der Waals surface area (Å²) in [6.45, 7) is 6.91. The Balaban J connectivity index is 1.90. The van der Waals surface area contributed by atoms with Crippen LogP contribution in [0.2, 0.25) is 10.0 Å². The second-order valence-electron chi connectivity index (χ2n) is 8.23. The summed E-state index contributed by atoms with van der Waals surface area (Å²) in [4.78, 5) is 5.26. The molecule has 0 aromatic heterocycles. The Morgan fingerprint density at radius 3 is 2.06 bits per heavy atom. The van der Waals surface area contributed by atoms with Gasteiger partial charge in [0.1, 0.15) is 25.0 Å². The lowest BCUT2D eigenvalue weighted by Crippen LogP contribution is -2.50. The van der Waals surface area contributed by atoms with Crippen molar-refractivity contribution in [2.24, 2.45) is 4.99 Å². The SMILES string of the molecule is Bc1ccc(C2=N[C@@](C)(c3ccc(Cl)cc3)[C@@](C)(c3ccc(Cl)cc3)N2)c(OCC)c1. The molecule has 0 bridgehead atoms.